The molecule has 0 spiro atoms. The first-order chi connectivity index (χ1) is 9.52. The van der Waals surface area contributed by atoms with Gasteiger partial charge in [-0.05, 0) is 41.9 Å². The highest BCUT2D eigenvalue weighted by atomic mass is 79.9. The van der Waals surface area contributed by atoms with Crippen LogP contribution in [0.4, 0.5) is 0 Å². The third kappa shape index (κ3) is 3.10. The average molecular weight is 336 g/mol. The molecule has 1 aromatic heterocycles. The fourth-order valence-electron chi connectivity index (χ4n) is 2.03. The first-order valence-corrected chi connectivity index (χ1v) is 7.34. The topological polar surface area (TPSA) is 38.1 Å². The van der Waals surface area contributed by atoms with Crippen LogP contribution in [-0.4, -0.2) is 27.6 Å². The maximum atomic E-state index is 12.4. The van der Waals surface area contributed by atoms with Crippen molar-refractivity contribution in [3.63, 3.8) is 0 Å². The molecule has 0 aliphatic carbocycles. The molecule has 0 aliphatic heterocycles. The number of nitrogens with zero attached hydrogens (tertiary/aromatic N) is 3. The lowest BCUT2D eigenvalue weighted by Gasteiger charge is -2.18. The van der Waals surface area contributed by atoms with Gasteiger partial charge >= 0.3 is 0 Å². The number of rotatable bonds is 4. The molecule has 1 amide bonds. The van der Waals surface area contributed by atoms with E-state index in [1.165, 1.54) is 0 Å². The van der Waals surface area contributed by atoms with Crippen molar-refractivity contribution in [3.8, 4) is 0 Å². The molecule has 0 atom stereocenters. The summed E-state index contributed by atoms with van der Waals surface area (Å²) in [5, 5.41) is 4.26. The number of carbonyl (C=O) groups is 1. The summed E-state index contributed by atoms with van der Waals surface area (Å²) < 4.78 is 2.83. The summed E-state index contributed by atoms with van der Waals surface area (Å²) in [7, 11) is 1.81. The van der Waals surface area contributed by atoms with Crippen molar-refractivity contribution in [3.05, 3.63) is 51.8 Å². The number of carbonyl (C=O) groups excluding carboxylic acids is 1. The third-order valence-corrected chi connectivity index (χ3v) is 3.89. The molecule has 1 aromatic carbocycles. The average Bonchev–Trinajstić information content (AvgIpc) is 2.79. The first kappa shape index (κ1) is 14.8. The maximum Gasteiger partial charge on any atom is 0.253 e. The van der Waals surface area contributed by atoms with Crippen LogP contribution in [0.3, 0.4) is 0 Å². The molecule has 106 valence electrons. The van der Waals surface area contributed by atoms with Crippen LogP contribution in [-0.2, 0) is 13.1 Å². The van der Waals surface area contributed by atoms with Crippen LogP contribution < -0.4 is 0 Å². The van der Waals surface area contributed by atoms with Crippen LogP contribution in [0.1, 0.15) is 28.5 Å². The Labute approximate surface area is 127 Å². The quantitative estimate of drug-likeness (QED) is 0.860. The molecular formula is C15H18BrN3O. The van der Waals surface area contributed by atoms with Gasteiger partial charge in [0.15, 0.2) is 0 Å². The van der Waals surface area contributed by atoms with Crippen molar-refractivity contribution >= 4 is 21.8 Å². The maximum absolute atomic E-state index is 12.4. The molecule has 0 saturated carbocycles. The Balaban J connectivity index is 2.15. The van der Waals surface area contributed by atoms with Gasteiger partial charge in [0.2, 0.25) is 0 Å². The lowest BCUT2D eigenvalue weighted by atomic mass is 10.1. The Morgan fingerprint density at radius 3 is 2.60 bits per heavy atom. The van der Waals surface area contributed by atoms with Crippen LogP contribution in [0.2, 0.25) is 0 Å². The summed E-state index contributed by atoms with van der Waals surface area (Å²) in [6.45, 7) is 5.36. The molecule has 1 heterocycles. The second kappa shape index (κ2) is 6.22. The number of halogens is 1. The summed E-state index contributed by atoms with van der Waals surface area (Å²) in [5.41, 5.74) is 2.86. The van der Waals surface area contributed by atoms with Gasteiger partial charge in [0.05, 0.1) is 22.9 Å². The van der Waals surface area contributed by atoms with E-state index in [0.717, 1.165) is 22.3 Å². The number of benzene rings is 1. The summed E-state index contributed by atoms with van der Waals surface area (Å²) in [6.07, 6.45) is 1.77. The van der Waals surface area contributed by atoms with Gasteiger partial charge in [-0.2, -0.15) is 5.10 Å². The fraction of sp³-hybridized carbons (Fsp3) is 0.333. The summed E-state index contributed by atoms with van der Waals surface area (Å²) in [4.78, 5) is 14.1. The standard InChI is InChI=1S/C15H18BrN3O/c1-4-19-14(13(16)9-17-19)10-18(3)15(20)12-7-5-11(2)6-8-12/h5-9H,4,10H2,1-3H3. The highest BCUT2D eigenvalue weighted by molar-refractivity contribution is 9.10. The zero-order chi connectivity index (χ0) is 14.7. The predicted octanol–water partition coefficient (Wildman–Crippen LogP) is 3.25. The molecule has 5 heteroatoms. The van der Waals surface area contributed by atoms with E-state index in [9.17, 15) is 4.79 Å². The number of aryl methyl sites for hydroxylation is 2. The Hall–Kier alpha value is -1.62. The number of amides is 1. The van der Waals surface area contributed by atoms with Crippen molar-refractivity contribution in [2.75, 3.05) is 7.05 Å². The summed E-state index contributed by atoms with van der Waals surface area (Å²) >= 11 is 3.48. The Bertz CT molecular complexity index is 604. The normalized spacial score (nSPS) is 10.6. The number of aromatic nitrogens is 2. The first-order valence-electron chi connectivity index (χ1n) is 6.55. The van der Waals surface area contributed by atoms with E-state index >= 15 is 0 Å². The molecule has 0 N–H and O–H groups in total. The van der Waals surface area contributed by atoms with Gasteiger partial charge in [-0.15, -0.1) is 0 Å². The van der Waals surface area contributed by atoms with Crippen LogP contribution >= 0.6 is 15.9 Å². The minimum atomic E-state index is 0.0146. The van der Waals surface area contributed by atoms with Gasteiger partial charge in [-0.1, -0.05) is 17.7 Å². The van der Waals surface area contributed by atoms with Crippen LogP contribution in [0.5, 0.6) is 0 Å². The smallest absolute Gasteiger partial charge is 0.253 e. The molecule has 0 bridgehead atoms. The van der Waals surface area contributed by atoms with E-state index in [-0.39, 0.29) is 5.91 Å². The summed E-state index contributed by atoms with van der Waals surface area (Å²) in [6, 6.07) is 7.63. The van der Waals surface area contributed by atoms with Crippen molar-refractivity contribution in [1.29, 1.82) is 0 Å². The number of hydrogen-bond donors (Lipinski definition) is 0. The van der Waals surface area contributed by atoms with E-state index in [1.807, 2.05) is 49.8 Å². The zero-order valence-electron chi connectivity index (χ0n) is 11.9. The molecular weight excluding hydrogens is 318 g/mol. The largest absolute Gasteiger partial charge is 0.336 e. The van der Waals surface area contributed by atoms with E-state index in [4.69, 9.17) is 0 Å². The highest BCUT2D eigenvalue weighted by Gasteiger charge is 2.16. The molecule has 0 saturated heterocycles. The second-order valence-electron chi connectivity index (χ2n) is 4.78. The minimum Gasteiger partial charge on any atom is -0.336 e. The van der Waals surface area contributed by atoms with E-state index in [0.29, 0.717) is 12.1 Å². The van der Waals surface area contributed by atoms with Crippen molar-refractivity contribution in [2.45, 2.75) is 26.9 Å². The molecule has 20 heavy (non-hydrogen) atoms. The van der Waals surface area contributed by atoms with Gasteiger partial charge in [0.25, 0.3) is 5.91 Å². The van der Waals surface area contributed by atoms with E-state index < -0.39 is 0 Å². The third-order valence-electron chi connectivity index (χ3n) is 3.23. The lowest BCUT2D eigenvalue weighted by molar-refractivity contribution is 0.0781. The van der Waals surface area contributed by atoms with Crippen molar-refractivity contribution < 1.29 is 4.79 Å². The highest BCUT2D eigenvalue weighted by Crippen LogP contribution is 2.18. The monoisotopic (exact) mass is 335 g/mol. The van der Waals surface area contributed by atoms with Crippen LogP contribution in [0, 0.1) is 6.92 Å². The lowest BCUT2D eigenvalue weighted by Crippen LogP contribution is -2.27. The Morgan fingerprint density at radius 1 is 1.35 bits per heavy atom. The Morgan fingerprint density at radius 2 is 2.00 bits per heavy atom. The number of hydrogen-bond acceptors (Lipinski definition) is 2. The van der Waals surface area contributed by atoms with E-state index in [1.54, 1.807) is 11.1 Å². The molecule has 2 aromatic rings. The summed E-state index contributed by atoms with van der Waals surface area (Å²) in [5.74, 6) is 0.0146. The zero-order valence-corrected chi connectivity index (χ0v) is 13.5. The SMILES string of the molecule is CCn1ncc(Br)c1CN(C)C(=O)c1ccc(C)cc1. The molecule has 2 rings (SSSR count). The molecule has 0 unspecified atom stereocenters. The van der Waals surface area contributed by atoms with Crippen LogP contribution in [0.15, 0.2) is 34.9 Å². The van der Waals surface area contributed by atoms with E-state index in [2.05, 4.69) is 21.0 Å². The molecule has 4 nitrogen and oxygen atoms in total. The van der Waals surface area contributed by atoms with Gasteiger partial charge in [0.1, 0.15) is 0 Å². The van der Waals surface area contributed by atoms with Crippen molar-refractivity contribution in [1.82, 2.24) is 14.7 Å². The fourth-order valence-corrected chi connectivity index (χ4v) is 2.45. The molecule has 0 fully saturated rings. The predicted molar refractivity (Wildman–Crippen MR) is 82.6 cm³/mol. The molecule has 0 aliphatic rings. The minimum absolute atomic E-state index is 0.0146. The van der Waals surface area contributed by atoms with Crippen molar-refractivity contribution in [2.24, 2.45) is 0 Å². The second-order valence-corrected chi connectivity index (χ2v) is 5.64. The van der Waals surface area contributed by atoms with Crippen LogP contribution in [0.25, 0.3) is 0 Å². The van der Waals surface area contributed by atoms with Gasteiger partial charge in [-0.25, -0.2) is 0 Å². The van der Waals surface area contributed by atoms with Gasteiger partial charge in [-0.3, -0.25) is 9.48 Å². The van der Waals surface area contributed by atoms with Gasteiger partial charge < -0.3 is 4.90 Å². The Kier molecular flexibility index (Phi) is 4.60. The molecule has 0 radical (unpaired) electrons. The van der Waals surface area contributed by atoms with Gasteiger partial charge in [0, 0.05) is 19.2 Å².